The number of carbonyl (C=O) groups excluding carboxylic acids is 1. The van der Waals surface area contributed by atoms with Gasteiger partial charge in [0.15, 0.2) is 11.5 Å². The summed E-state index contributed by atoms with van der Waals surface area (Å²) < 4.78 is 34.4. The molecule has 26 heavy (non-hydrogen) atoms. The highest BCUT2D eigenvalue weighted by molar-refractivity contribution is 7.57. The second-order valence-electron chi connectivity index (χ2n) is 5.84. The van der Waals surface area contributed by atoms with E-state index in [4.69, 9.17) is 18.7 Å². The first-order valence-electron chi connectivity index (χ1n) is 8.29. The van der Waals surface area contributed by atoms with Crippen LogP contribution in [0.25, 0.3) is 0 Å². The molecule has 1 unspecified atom stereocenters. The molecule has 0 saturated carbocycles. The van der Waals surface area contributed by atoms with Crippen LogP contribution < -0.4 is 14.3 Å². The molecule has 1 rings (SSSR count). The van der Waals surface area contributed by atoms with Crippen LogP contribution in [-0.4, -0.2) is 43.8 Å². The Morgan fingerprint density at radius 1 is 1.27 bits per heavy atom. The van der Waals surface area contributed by atoms with Crippen LogP contribution in [0.2, 0.25) is 0 Å². The van der Waals surface area contributed by atoms with Crippen LogP contribution in [0.3, 0.4) is 0 Å². The zero-order valence-electron chi connectivity index (χ0n) is 15.9. The summed E-state index contributed by atoms with van der Waals surface area (Å²) in [4.78, 5) is 12.3. The number of aliphatic hydroxyl groups is 1. The van der Waals surface area contributed by atoms with E-state index in [1.54, 1.807) is 32.9 Å². The van der Waals surface area contributed by atoms with Gasteiger partial charge in [0, 0.05) is 7.11 Å². The zero-order valence-corrected chi connectivity index (χ0v) is 16.8. The Morgan fingerprint density at radius 3 is 2.46 bits per heavy atom. The first kappa shape index (κ1) is 22.4. The quantitative estimate of drug-likeness (QED) is 0.440. The van der Waals surface area contributed by atoms with Crippen LogP contribution in [0.5, 0.6) is 11.5 Å². The molecular formula is C17H28NO7P. The summed E-state index contributed by atoms with van der Waals surface area (Å²) in [5, 5.41) is 12.1. The fraction of sp³-hybridized carbons (Fsp3) is 0.588. The van der Waals surface area contributed by atoms with Gasteiger partial charge >= 0.3 is 13.5 Å². The van der Waals surface area contributed by atoms with Gasteiger partial charge in [-0.3, -0.25) is 9.36 Å². The van der Waals surface area contributed by atoms with Crippen molar-refractivity contribution in [1.82, 2.24) is 5.09 Å². The number of rotatable bonds is 11. The Kier molecular flexibility index (Phi) is 8.56. The second kappa shape index (κ2) is 9.92. The normalized spacial score (nSPS) is 15.6. The van der Waals surface area contributed by atoms with Crippen LogP contribution in [0.4, 0.5) is 0 Å². The number of hydrogen-bond donors (Lipinski definition) is 2. The molecule has 0 fully saturated rings. The van der Waals surface area contributed by atoms with Crippen molar-refractivity contribution >= 4 is 13.5 Å². The van der Waals surface area contributed by atoms with Gasteiger partial charge in [-0.2, -0.15) is 0 Å². The molecule has 8 nitrogen and oxygen atoms in total. The van der Waals surface area contributed by atoms with Crippen LogP contribution in [0.1, 0.15) is 32.8 Å². The van der Waals surface area contributed by atoms with Gasteiger partial charge in [-0.1, -0.05) is 13.0 Å². The number of hydrogen-bond acceptors (Lipinski definition) is 7. The number of methoxy groups -OCH3 is 2. The van der Waals surface area contributed by atoms with Crippen LogP contribution >= 0.6 is 7.52 Å². The summed E-state index contributed by atoms with van der Waals surface area (Å²) in [5.41, 5.74) is -0.653. The Balaban J connectivity index is 3.21. The highest BCUT2D eigenvalue weighted by Gasteiger charge is 2.41. The number of ether oxygens (including phenoxy) is 3. The zero-order chi connectivity index (χ0) is 19.8. The third-order valence-corrected chi connectivity index (χ3v) is 5.73. The minimum atomic E-state index is -3.66. The van der Waals surface area contributed by atoms with Gasteiger partial charge in [0.2, 0.25) is 0 Å². The third kappa shape index (κ3) is 5.71. The number of benzene rings is 1. The molecule has 148 valence electrons. The SMILES string of the molecule is CCOC(=O)[C@](C)(CC)NP(=O)(COC)Oc1cc(CO)ccc1OC. The van der Waals surface area contributed by atoms with Crippen LogP contribution in [0.15, 0.2) is 18.2 Å². The van der Waals surface area contributed by atoms with Gasteiger partial charge in [0.25, 0.3) is 0 Å². The monoisotopic (exact) mass is 389 g/mol. The summed E-state index contributed by atoms with van der Waals surface area (Å²) in [5.74, 6) is -0.0117. The van der Waals surface area contributed by atoms with E-state index < -0.39 is 19.0 Å². The van der Waals surface area contributed by atoms with Gasteiger partial charge in [0.05, 0.1) is 20.3 Å². The summed E-state index contributed by atoms with van der Waals surface area (Å²) in [7, 11) is -0.832. The minimum absolute atomic E-state index is 0.175. The standard InChI is InChI=1S/C17H28NO7P/c1-6-17(3,16(20)24-7-2)18-26(21,12-22-4)25-15-10-13(11-19)8-9-14(15)23-5/h8-10,19H,6-7,11-12H2,1-5H3,(H,18,21)/t17-,26?/m0/s1. The van der Waals surface area contributed by atoms with E-state index in [0.717, 1.165) is 0 Å². The molecule has 1 aromatic carbocycles. The average Bonchev–Trinajstić information content (AvgIpc) is 2.61. The lowest BCUT2D eigenvalue weighted by Gasteiger charge is -2.32. The Bertz CT molecular complexity index is 652. The number of aliphatic hydroxyl groups excluding tert-OH is 1. The van der Waals surface area contributed by atoms with E-state index in [1.807, 2.05) is 0 Å². The third-order valence-electron chi connectivity index (χ3n) is 3.81. The lowest BCUT2D eigenvalue weighted by atomic mass is 10.0. The maximum Gasteiger partial charge on any atom is 0.342 e. The molecule has 0 heterocycles. The van der Waals surface area contributed by atoms with Crippen molar-refractivity contribution in [2.24, 2.45) is 0 Å². The summed E-state index contributed by atoms with van der Waals surface area (Å²) in [6, 6.07) is 4.79. The van der Waals surface area contributed by atoms with E-state index in [9.17, 15) is 14.5 Å². The van der Waals surface area contributed by atoms with Gasteiger partial charge < -0.3 is 23.8 Å². The summed E-state index contributed by atoms with van der Waals surface area (Å²) in [6.45, 7) is 5.06. The fourth-order valence-corrected chi connectivity index (χ4v) is 4.20. The van der Waals surface area contributed by atoms with Crippen molar-refractivity contribution in [2.75, 3.05) is 27.2 Å². The summed E-state index contributed by atoms with van der Waals surface area (Å²) in [6.07, 6.45) is 0.0607. The Hall–Kier alpha value is -1.60. The molecular weight excluding hydrogens is 361 g/mol. The molecule has 9 heteroatoms. The van der Waals surface area contributed by atoms with E-state index in [2.05, 4.69) is 5.09 Å². The minimum Gasteiger partial charge on any atom is -0.493 e. The predicted molar refractivity (Wildman–Crippen MR) is 97.5 cm³/mol. The van der Waals surface area contributed by atoms with E-state index in [-0.39, 0.29) is 25.3 Å². The Morgan fingerprint density at radius 2 is 1.96 bits per heavy atom. The fourth-order valence-electron chi connectivity index (χ4n) is 2.24. The smallest absolute Gasteiger partial charge is 0.342 e. The topological polar surface area (TPSA) is 103 Å². The molecule has 0 spiro atoms. The molecule has 0 aliphatic rings. The number of nitrogens with one attached hydrogen (secondary N) is 1. The van der Waals surface area contributed by atoms with Crippen molar-refractivity contribution in [2.45, 2.75) is 39.3 Å². The molecule has 0 aliphatic heterocycles. The van der Waals surface area contributed by atoms with Crippen molar-refractivity contribution in [3.8, 4) is 11.5 Å². The first-order valence-corrected chi connectivity index (χ1v) is 10.1. The van der Waals surface area contributed by atoms with Gasteiger partial charge in [-0.05, 0) is 38.0 Å². The van der Waals surface area contributed by atoms with Gasteiger partial charge in [-0.15, -0.1) is 0 Å². The van der Waals surface area contributed by atoms with Crippen molar-refractivity contribution in [1.29, 1.82) is 0 Å². The van der Waals surface area contributed by atoms with Gasteiger partial charge in [0.1, 0.15) is 11.9 Å². The van der Waals surface area contributed by atoms with Crippen molar-refractivity contribution in [3.63, 3.8) is 0 Å². The first-order chi connectivity index (χ1) is 12.3. The molecule has 2 atom stereocenters. The molecule has 0 amide bonds. The second-order valence-corrected chi connectivity index (χ2v) is 7.85. The number of carbonyl (C=O) groups is 1. The van der Waals surface area contributed by atoms with E-state index >= 15 is 0 Å². The van der Waals surface area contributed by atoms with Crippen molar-refractivity contribution in [3.05, 3.63) is 23.8 Å². The molecule has 0 aliphatic carbocycles. The lowest BCUT2D eigenvalue weighted by molar-refractivity contribution is -0.149. The molecule has 2 N–H and O–H groups in total. The number of esters is 1. The summed E-state index contributed by atoms with van der Waals surface area (Å²) >= 11 is 0. The van der Waals surface area contributed by atoms with Crippen LogP contribution in [0, 0.1) is 0 Å². The van der Waals surface area contributed by atoms with E-state index in [1.165, 1.54) is 20.3 Å². The predicted octanol–water partition coefficient (Wildman–Crippen LogP) is 2.68. The molecule has 0 saturated heterocycles. The average molecular weight is 389 g/mol. The highest BCUT2D eigenvalue weighted by atomic mass is 31.2. The van der Waals surface area contributed by atoms with E-state index in [0.29, 0.717) is 17.7 Å². The largest absolute Gasteiger partial charge is 0.493 e. The van der Waals surface area contributed by atoms with Crippen LogP contribution in [-0.2, 0) is 25.4 Å². The van der Waals surface area contributed by atoms with Crippen molar-refractivity contribution < 1.29 is 33.2 Å². The maximum absolute atomic E-state index is 13.3. The highest BCUT2D eigenvalue weighted by Crippen LogP contribution is 2.48. The maximum atomic E-state index is 13.3. The molecule has 0 aromatic heterocycles. The molecule has 0 radical (unpaired) electrons. The lowest BCUT2D eigenvalue weighted by Crippen LogP contribution is -2.49. The molecule has 1 aromatic rings. The Labute approximate surface area is 154 Å². The molecule has 0 bridgehead atoms. The van der Waals surface area contributed by atoms with Gasteiger partial charge in [-0.25, -0.2) is 5.09 Å².